The van der Waals surface area contributed by atoms with Crippen LogP contribution in [-0.4, -0.2) is 24.4 Å². The molecule has 2 aromatic carbocycles. The number of rotatable bonds is 7. The van der Waals surface area contributed by atoms with Crippen LogP contribution in [0.1, 0.15) is 47.5 Å². The summed E-state index contributed by atoms with van der Waals surface area (Å²) in [4.78, 5) is 24.2. The number of anilines is 2. The SMILES string of the molecule is O=C(CNc1ccc(C2CC2)c(F)c1)Nc1cccc(C(=O)NC2CC2)c1. The molecule has 5 nitrogen and oxygen atoms in total. The molecule has 0 aromatic heterocycles. The molecule has 0 spiro atoms. The summed E-state index contributed by atoms with van der Waals surface area (Å²) in [6.45, 7) is 0.0146. The molecule has 2 amide bonds. The largest absolute Gasteiger partial charge is 0.376 e. The monoisotopic (exact) mass is 367 g/mol. The fourth-order valence-electron chi connectivity index (χ4n) is 2.98. The van der Waals surface area contributed by atoms with Crippen molar-refractivity contribution in [2.45, 2.75) is 37.6 Å². The maximum Gasteiger partial charge on any atom is 0.251 e. The Labute approximate surface area is 157 Å². The van der Waals surface area contributed by atoms with Crippen molar-refractivity contribution < 1.29 is 14.0 Å². The Kier molecular flexibility index (Phi) is 4.79. The second kappa shape index (κ2) is 7.39. The van der Waals surface area contributed by atoms with Crippen molar-refractivity contribution in [3.8, 4) is 0 Å². The van der Waals surface area contributed by atoms with Gasteiger partial charge in [-0.3, -0.25) is 9.59 Å². The first kappa shape index (κ1) is 17.5. The quantitative estimate of drug-likeness (QED) is 0.700. The van der Waals surface area contributed by atoms with E-state index in [4.69, 9.17) is 0 Å². The van der Waals surface area contributed by atoms with Gasteiger partial charge in [0.25, 0.3) is 5.91 Å². The van der Waals surface area contributed by atoms with E-state index < -0.39 is 0 Å². The fourth-order valence-corrected chi connectivity index (χ4v) is 2.98. The van der Waals surface area contributed by atoms with Crippen molar-refractivity contribution in [2.24, 2.45) is 0 Å². The molecule has 0 atom stereocenters. The Morgan fingerprint density at radius 1 is 1.00 bits per heavy atom. The Morgan fingerprint density at radius 3 is 2.52 bits per heavy atom. The Hall–Kier alpha value is -2.89. The van der Waals surface area contributed by atoms with Crippen LogP contribution in [0.25, 0.3) is 0 Å². The van der Waals surface area contributed by atoms with E-state index in [0.717, 1.165) is 31.2 Å². The first-order chi connectivity index (χ1) is 13.1. The molecule has 2 saturated carbocycles. The van der Waals surface area contributed by atoms with Gasteiger partial charge in [-0.15, -0.1) is 0 Å². The maximum absolute atomic E-state index is 14.0. The first-order valence-corrected chi connectivity index (χ1v) is 9.32. The molecule has 0 saturated heterocycles. The number of hydrogen-bond donors (Lipinski definition) is 3. The van der Waals surface area contributed by atoms with Gasteiger partial charge in [-0.1, -0.05) is 12.1 Å². The van der Waals surface area contributed by atoms with E-state index in [-0.39, 0.29) is 30.2 Å². The van der Waals surface area contributed by atoms with E-state index in [2.05, 4.69) is 16.0 Å². The molecule has 6 heteroatoms. The Morgan fingerprint density at radius 2 is 1.81 bits per heavy atom. The van der Waals surface area contributed by atoms with E-state index in [1.54, 1.807) is 36.4 Å². The molecule has 0 heterocycles. The van der Waals surface area contributed by atoms with Crippen molar-refractivity contribution in [2.75, 3.05) is 17.2 Å². The molecule has 2 fully saturated rings. The van der Waals surface area contributed by atoms with Gasteiger partial charge < -0.3 is 16.0 Å². The molecular formula is C21H22FN3O2. The van der Waals surface area contributed by atoms with E-state index in [9.17, 15) is 14.0 Å². The van der Waals surface area contributed by atoms with Crippen LogP contribution in [-0.2, 0) is 4.79 Å². The summed E-state index contributed by atoms with van der Waals surface area (Å²) in [7, 11) is 0. The third-order valence-corrected chi connectivity index (χ3v) is 4.79. The van der Waals surface area contributed by atoms with Gasteiger partial charge in [0.05, 0.1) is 6.54 Å². The van der Waals surface area contributed by atoms with Gasteiger partial charge in [-0.25, -0.2) is 4.39 Å². The molecule has 2 aliphatic carbocycles. The molecule has 0 radical (unpaired) electrons. The molecule has 2 aromatic rings. The molecule has 2 aliphatic rings. The lowest BCUT2D eigenvalue weighted by molar-refractivity contribution is -0.114. The summed E-state index contributed by atoms with van der Waals surface area (Å²) >= 11 is 0. The van der Waals surface area contributed by atoms with E-state index in [1.807, 2.05) is 0 Å². The van der Waals surface area contributed by atoms with Crippen molar-refractivity contribution in [3.63, 3.8) is 0 Å². The van der Waals surface area contributed by atoms with E-state index in [0.29, 0.717) is 22.9 Å². The highest BCUT2D eigenvalue weighted by Gasteiger charge is 2.26. The average molecular weight is 367 g/mol. The highest BCUT2D eigenvalue weighted by Crippen LogP contribution is 2.41. The lowest BCUT2D eigenvalue weighted by atomic mass is 10.1. The number of benzene rings is 2. The predicted molar refractivity (Wildman–Crippen MR) is 102 cm³/mol. The highest BCUT2D eigenvalue weighted by atomic mass is 19.1. The van der Waals surface area contributed by atoms with Crippen LogP contribution in [0.3, 0.4) is 0 Å². The van der Waals surface area contributed by atoms with Gasteiger partial charge in [0.15, 0.2) is 0 Å². The van der Waals surface area contributed by atoms with E-state index in [1.165, 1.54) is 6.07 Å². The maximum atomic E-state index is 14.0. The molecule has 27 heavy (non-hydrogen) atoms. The molecule has 140 valence electrons. The molecule has 0 aliphatic heterocycles. The second-order valence-corrected chi connectivity index (χ2v) is 7.24. The molecular weight excluding hydrogens is 345 g/mol. The van der Waals surface area contributed by atoms with Gasteiger partial charge in [-0.05, 0) is 67.5 Å². The first-order valence-electron chi connectivity index (χ1n) is 9.32. The fraction of sp³-hybridized carbons (Fsp3) is 0.333. The van der Waals surface area contributed by atoms with Gasteiger partial charge in [0.1, 0.15) is 5.82 Å². The minimum Gasteiger partial charge on any atom is -0.376 e. The van der Waals surface area contributed by atoms with Crippen LogP contribution in [0.15, 0.2) is 42.5 Å². The van der Waals surface area contributed by atoms with Crippen LogP contribution in [0.4, 0.5) is 15.8 Å². The second-order valence-electron chi connectivity index (χ2n) is 7.24. The number of nitrogens with one attached hydrogen (secondary N) is 3. The lowest BCUT2D eigenvalue weighted by Crippen LogP contribution is -2.26. The lowest BCUT2D eigenvalue weighted by Gasteiger charge is -2.10. The topological polar surface area (TPSA) is 70.2 Å². The van der Waals surface area contributed by atoms with Crippen LogP contribution < -0.4 is 16.0 Å². The summed E-state index contributed by atoms with van der Waals surface area (Å²) in [5.74, 6) is -0.261. The smallest absolute Gasteiger partial charge is 0.251 e. The van der Waals surface area contributed by atoms with Gasteiger partial charge >= 0.3 is 0 Å². The normalized spacial score (nSPS) is 15.9. The summed E-state index contributed by atoms with van der Waals surface area (Å²) < 4.78 is 14.0. The number of hydrogen-bond acceptors (Lipinski definition) is 3. The summed E-state index contributed by atoms with van der Waals surface area (Å²) in [6, 6.07) is 12.1. The number of carbonyl (C=O) groups excluding carboxylic acids is 2. The van der Waals surface area contributed by atoms with Crippen molar-refractivity contribution in [3.05, 3.63) is 59.4 Å². The molecule has 4 rings (SSSR count). The van der Waals surface area contributed by atoms with E-state index >= 15 is 0 Å². The third kappa shape index (κ3) is 4.64. The summed E-state index contributed by atoms with van der Waals surface area (Å²) in [6.07, 6.45) is 4.14. The Balaban J connectivity index is 1.31. The minimum absolute atomic E-state index is 0.0146. The van der Waals surface area contributed by atoms with Crippen molar-refractivity contribution in [1.29, 1.82) is 0 Å². The molecule has 3 N–H and O–H groups in total. The third-order valence-electron chi connectivity index (χ3n) is 4.79. The van der Waals surface area contributed by atoms with Gasteiger partial charge in [0.2, 0.25) is 5.91 Å². The summed E-state index contributed by atoms with van der Waals surface area (Å²) in [5.41, 5.74) is 2.40. The zero-order valence-corrected chi connectivity index (χ0v) is 14.9. The Bertz CT molecular complexity index is 875. The number of carbonyl (C=O) groups is 2. The van der Waals surface area contributed by atoms with Gasteiger partial charge in [-0.2, -0.15) is 0 Å². The van der Waals surface area contributed by atoms with Crippen LogP contribution in [0.2, 0.25) is 0 Å². The van der Waals surface area contributed by atoms with Crippen molar-refractivity contribution in [1.82, 2.24) is 5.32 Å². The number of halogens is 1. The van der Waals surface area contributed by atoms with Crippen molar-refractivity contribution >= 4 is 23.2 Å². The zero-order valence-electron chi connectivity index (χ0n) is 14.9. The summed E-state index contributed by atoms with van der Waals surface area (Å²) in [5, 5.41) is 8.61. The molecule has 0 unspecified atom stereocenters. The van der Waals surface area contributed by atoms with Gasteiger partial charge in [0, 0.05) is 23.0 Å². The van der Waals surface area contributed by atoms with Crippen LogP contribution in [0, 0.1) is 5.82 Å². The average Bonchev–Trinajstić information content (AvgIpc) is 3.55. The minimum atomic E-state index is -0.263. The standard InChI is InChI=1S/C21H22FN3O2/c22-19-11-16(8-9-18(19)13-4-5-13)23-12-20(26)24-17-3-1-2-14(10-17)21(27)25-15-6-7-15/h1-3,8-11,13,15,23H,4-7,12H2,(H,24,26)(H,25,27). The zero-order chi connectivity index (χ0) is 18.8. The van der Waals surface area contributed by atoms with Crippen LogP contribution in [0.5, 0.6) is 0 Å². The predicted octanol–water partition coefficient (Wildman–Crippen LogP) is 3.65. The molecule has 0 bridgehead atoms. The number of amides is 2. The highest BCUT2D eigenvalue weighted by molar-refractivity contribution is 5.98. The van der Waals surface area contributed by atoms with Crippen LogP contribution >= 0.6 is 0 Å².